The molecule has 0 aliphatic carbocycles. The van der Waals surface area contributed by atoms with Gasteiger partial charge in [-0.2, -0.15) is 28.2 Å². The van der Waals surface area contributed by atoms with Crippen molar-refractivity contribution in [1.82, 2.24) is 29.6 Å². The number of pyridine rings is 1. The summed E-state index contributed by atoms with van der Waals surface area (Å²) in [7, 11) is -2.14. The average molecular weight is 820 g/mol. The number of halogens is 5. The van der Waals surface area contributed by atoms with Gasteiger partial charge in [0, 0.05) is 37.1 Å². The zero-order chi connectivity index (χ0) is 41.1. The lowest BCUT2D eigenvalue weighted by Crippen LogP contribution is -2.43. The summed E-state index contributed by atoms with van der Waals surface area (Å²) in [5, 5.41) is 7.77. The minimum absolute atomic E-state index is 0.0405. The molecule has 7 rings (SSSR count). The van der Waals surface area contributed by atoms with Gasteiger partial charge in [0.1, 0.15) is 35.2 Å². The Kier molecular flexibility index (Phi) is 11.3. The van der Waals surface area contributed by atoms with Crippen molar-refractivity contribution >= 4 is 35.9 Å². The molecular formula is C40H54F5N7O4Si. The average Bonchev–Trinajstić information content (AvgIpc) is 3.81. The smallest absolute Gasteiger partial charge is 0.417 e. The van der Waals surface area contributed by atoms with Crippen LogP contribution in [0.25, 0.3) is 33.1 Å². The van der Waals surface area contributed by atoms with Gasteiger partial charge in [0.15, 0.2) is 20.4 Å². The fourth-order valence-electron chi connectivity index (χ4n) is 8.20. The first-order valence-corrected chi connectivity index (χ1v) is 22.9. The van der Waals surface area contributed by atoms with Crippen molar-refractivity contribution < 1.29 is 40.6 Å². The molecule has 1 N–H and O–H groups in total. The van der Waals surface area contributed by atoms with E-state index in [1.54, 1.807) is 18.5 Å². The summed E-state index contributed by atoms with van der Waals surface area (Å²) in [6.07, 6.45) is -1.34. The molecule has 1 unspecified atom stereocenters. The number of aryl methyl sites for hydroxylation is 1. The van der Waals surface area contributed by atoms with E-state index in [1.807, 2.05) is 0 Å². The third-order valence-corrected chi connectivity index (χ3v) is 16.6. The number of benzene rings is 1. The number of hydrogen-bond donors (Lipinski definition) is 1. The molecule has 0 amide bonds. The topological polar surface area (TPSA) is 109 Å². The van der Waals surface area contributed by atoms with Crippen LogP contribution in [0.2, 0.25) is 18.1 Å². The van der Waals surface area contributed by atoms with Gasteiger partial charge in [0.2, 0.25) is 5.88 Å². The normalized spacial score (nSPS) is 22.2. The Morgan fingerprint density at radius 1 is 1.11 bits per heavy atom. The van der Waals surface area contributed by atoms with Crippen molar-refractivity contribution in [2.45, 2.75) is 128 Å². The predicted octanol–water partition coefficient (Wildman–Crippen LogP) is 9.38. The van der Waals surface area contributed by atoms with Crippen molar-refractivity contribution in [2.75, 3.05) is 44.8 Å². The highest BCUT2D eigenvalue weighted by molar-refractivity contribution is 6.74. The highest BCUT2D eigenvalue weighted by atomic mass is 28.4. The van der Waals surface area contributed by atoms with Crippen LogP contribution in [0, 0.1) is 12.7 Å². The highest BCUT2D eigenvalue weighted by Gasteiger charge is 2.49. The molecule has 57 heavy (non-hydrogen) atoms. The molecular weight excluding hydrogens is 766 g/mol. The number of nitrogens with zero attached hydrogens (tertiary/aromatic N) is 6. The number of aromatic nitrogens is 5. The fourth-order valence-corrected chi connectivity index (χ4v) is 9.25. The van der Waals surface area contributed by atoms with Crippen LogP contribution in [0.15, 0.2) is 12.3 Å². The molecule has 3 fully saturated rings. The van der Waals surface area contributed by atoms with E-state index in [4.69, 9.17) is 18.6 Å². The molecule has 0 radical (unpaired) electrons. The second-order valence-corrected chi connectivity index (χ2v) is 22.3. The Hall–Kier alpha value is -3.67. The number of nitrogens with one attached hydrogen (secondary N) is 1. The largest absolute Gasteiger partial charge is 0.474 e. The van der Waals surface area contributed by atoms with Gasteiger partial charge in [-0.1, -0.05) is 20.8 Å². The summed E-state index contributed by atoms with van der Waals surface area (Å²) in [6.45, 7) is 17.6. The van der Waals surface area contributed by atoms with Crippen LogP contribution < -0.4 is 14.8 Å². The SMILES string of the molecule is Cc1cc2c(cnn2C2CCCCO2)c(-c2nc(OC(C)C)c3c(NCCO[Si](C)(C)C(C)(C)C)nc(OC[C@@]45CCCN4C[C@H](F)C5)nc3c2F)c1C(F)(F)F. The Labute approximate surface area is 331 Å². The summed E-state index contributed by atoms with van der Waals surface area (Å²) in [5.74, 6) is -1.15. The van der Waals surface area contributed by atoms with Crippen LogP contribution in [0.3, 0.4) is 0 Å². The number of fused-ring (bicyclic) bond motifs is 3. The molecule has 0 spiro atoms. The molecule has 17 heteroatoms. The molecule has 3 atom stereocenters. The second-order valence-electron chi connectivity index (χ2n) is 17.5. The first kappa shape index (κ1) is 41.5. The van der Waals surface area contributed by atoms with Gasteiger partial charge < -0.3 is 24.0 Å². The summed E-state index contributed by atoms with van der Waals surface area (Å²) in [6, 6.07) is 1.20. The first-order valence-electron chi connectivity index (χ1n) is 20.0. The van der Waals surface area contributed by atoms with Crippen LogP contribution in [0.5, 0.6) is 11.9 Å². The molecule has 11 nitrogen and oxygen atoms in total. The zero-order valence-electron chi connectivity index (χ0n) is 34.1. The Balaban J connectivity index is 1.40. The maximum atomic E-state index is 17.5. The van der Waals surface area contributed by atoms with E-state index < -0.39 is 61.2 Å². The predicted molar refractivity (Wildman–Crippen MR) is 211 cm³/mol. The zero-order valence-corrected chi connectivity index (χ0v) is 35.1. The van der Waals surface area contributed by atoms with E-state index in [1.165, 1.54) is 19.2 Å². The molecule has 4 aromatic rings. The third kappa shape index (κ3) is 8.05. The van der Waals surface area contributed by atoms with Crippen LogP contribution >= 0.6 is 0 Å². The lowest BCUT2D eigenvalue weighted by molar-refractivity contribution is -0.137. The van der Waals surface area contributed by atoms with Gasteiger partial charge in [0.05, 0.1) is 35.5 Å². The number of anilines is 1. The summed E-state index contributed by atoms with van der Waals surface area (Å²) in [5.41, 5.74) is -2.80. The number of rotatable bonds is 12. The van der Waals surface area contributed by atoms with Crippen LogP contribution in [0.1, 0.15) is 90.5 Å². The van der Waals surface area contributed by atoms with Gasteiger partial charge in [-0.05, 0) is 89.2 Å². The lowest BCUT2D eigenvalue weighted by atomic mass is 9.94. The van der Waals surface area contributed by atoms with Gasteiger partial charge in [-0.15, -0.1) is 0 Å². The molecule has 312 valence electrons. The molecule has 0 saturated carbocycles. The van der Waals surface area contributed by atoms with E-state index in [2.05, 4.69) is 64.1 Å². The number of alkyl halides is 4. The quantitative estimate of drug-likeness (QED) is 0.0844. The standard InChI is InChI=1S/C40H54F5N7O4Si/c1-23(2)56-36-30-34(32(42)33(48-36)29-26-20-47-52(28-12-9-10-16-53-28)27(26)18-24(3)31(29)40(43,44)45)49-37(54-22-39-13-11-15-51(39)21-25(41)19-39)50-35(30)46-14-17-55-57(7,8)38(4,5)6/h18,20,23,25,28H,9-17,19,21-22H2,1-8H3,(H,46,49,50)/t25-,28?,39+/m1/s1. The minimum atomic E-state index is -4.89. The maximum Gasteiger partial charge on any atom is 0.417 e. The van der Waals surface area contributed by atoms with Crippen molar-refractivity contribution in [3.05, 3.63) is 29.2 Å². The maximum absolute atomic E-state index is 17.5. The third-order valence-electron chi connectivity index (χ3n) is 12.0. The van der Waals surface area contributed by atoms with Crippen molar-refractivity contribution in [3.8, 4) is 23.1 Å². The monoisotopic (exact) mass is 819 g/mol. The van der Waals surface area contributed by atoms with E-state index in [9.17, 15) is 4.39 Å². The first-order chi connectivity index (χ1) is 26.8. The summed E-state index contributed by atoms with van der Waals surface area (Å²) in [4.78, 5) is 15.8. The molecule has 0 bridgehead atoms. The highest BCUT2D eigenvalue weighted by Crippen LogP contribution is 2.47. The van der Waals surface area contributed by atoms with Crippen LogP contribution in [-0.4, -0.2) is 95.2 Å². The van der Waals surface area contributed by atoms with Gasteiger partial charge >= 0.3 is 12.2 Å². The van der Waals surface area contributed by atoms with Gasteiger partial charge in [-0.3, -0.25) is 4.90 Å². The van der Waals surface area contributed by atoms with Crippen molar-refractivity contribution in [2.24, 2.45) is 0 Å². The molecule has 3 aromatic heterocycles. The molecule has 1 aromatic carbocycles. The molecule has 3 aliphatic rings. The lowest BCUT2D eigenvalue weighted by Gasteiger charge is -2.36. The van der Waals surface area contributed by atoms with Crippen LogP contribution in [0.4, 0.5) is 27.8 Å². The summed E-state index contributed by atoms with van der Waals surface area (Å²) >= 11 is 0. The van der Waals surface area contributed by atoms with Crippen molar-refractivity contribution in [1.29, 1.82) is 0 Å². The van der Waals surface area contributed by atoms with E-state index in [-0.39, 0.29) is 64.2 Å². The summed E-state index contributed by atoms with van der Waals surface area (Å²) < 4.78 is 104. The van der Waals surface area contributed by atoms with E-state index >= 15 is 17.6 Å². The van der Waals surface area contributed by atoms with Gasteiger partial charge in [-0.25, -0.2) is 18.4 Å². The Morgan fingerprint density at radius 3 is 2.56 bits per heavy atom. The van der Waals surface area contributed by atoms with E-state index in [0.29, 0.717) is 31.7 Å². The Bertz CT molecular complexity index is 2120. The van der Waals surface area contributed by atoms with E-state index in [0.717, 1.165) is 32.2 Å². The minimum Gasteiger partial charge on any atom is -0.474 e. The fraction of sp³-hybridized carbons (Fsp3) is 0.650. The molecule has 3 aliphatic heterocycles. The van der Waals surface area contributed by atoms with Crippen LogP contribution in [-0.2, 0) is 15.3 Å². The second kappa shape index (κ2) is 15.5. The Morgan fingerprint density at radius 2 is 1.88 bits per heavy atom. The molecule has 6 heterocycles. The van der Waals surface area contributed by atoms with Gasteiger partial charge in [0.25, 0.3) is 0 Å². The number of hydrogen-bond acceptors (Lipinski definition) is 10. The number of ether oxygens (including phenoxy) is 3. The molecule has 3 saturated heterocycles. The van der Waals surface area contributed by atoms with Crippen molar-refractivity contribution in [3.63, 3.8) is 0 Å².